The Hall–Kier alpha value is -0.260. The molecule has 0 aromatic carbocycles. The molecule has 0 bridgehead atoms. The highest BCUT2D eigenvalue weighted by Crippen LogP contribution is 2.15. The first-order chi connectivity index (χ1) is 12.2. The predicted octanol–water partition coefficient (Wildman–Crippen LogP) is 9.49. The number of rotatable bonds is 19. The van der Waals surface area contributed by atoms with E-state index in [1.807, 2.05) is 0 Å². The van der Waals surface area contributed by atoms with Crippen molar-refractivity contribution >= 4 is 0 Å². The highest BCUT2D eigenvalue weighted by atomic mass is 14.0. The summed E-state index contributed by atoms with van der Waals surface area (Å²) in [5.74, 6) is 1.88. The molecule has 0 aliphatic carbocycles. The molecule has 0 rings (SSSR count). The predicted molar refractivity (Wildman–Crippen MR) is 117 cm³/mol. The van der Waals surface area contributed by atoms with Gasteiger partial charge in [0.05, 0.1) is 0 Å². The Morgan fingerprint density at radius 2 is 0.800 bits per heavy atom. The molecular weight excluding hydrogens is 300 g/mol. The smallest absolute Gasteiger partial charge is 0.0351 e. The SMILES string of the molecule is CCC(C)CCCCCCCC=CCCCCCCCCC(C)CC. The van der Waals surface area contributed by atoms with Crippen molar-refractivity contribution in [2.24, 2.45) is 11.8 Å². The monoisotopic (exact) mass is 350 g/mol. The average molecular weight is 351 g/mol. The molecule has 0 aromatic heterocycles. The molecular formula is C25H50. The van der Waals surface area contributed by atoms with E-state index in [1.54, 1.807) is 0 Å². The number of unbranched alkanes of at least 4 members (excludes halogenated alkanes) is 11. The van der Waals surface area contributed by atoms with Crippen LogP contribution in [0.4, 0.5) is 0 Å². The Morgan fingerprint density at radius 3 is 1.16 bits per heavy atom. The van der Waals surface area contributed by atoms with Gasteiger partial charge in [0.15, 0.2) is 0 Å². The minimum absolute atomic E-state index is 0.938. The molecule has 0 heterocycles. The van der Waals surface area contributed by atoms with Gasteiger partial charge in [-0.3, -0.25) is 0 Å². The Balaban J connectivity index is 3.13. The zero-order valence-electron chi connectivity index (χ0n) is 18.3. The van der Waals surface area contributed by atoms with Crippen LogP contribution in [0.25, 0.3) is 0 Å². The van der Waals surface area contributed by atoms with Crippen molar-refractivity contribution in [2.45, 2.75) is 137 Å². The molecule has 0 saturated carbocycles. The van der Waals surface area contributed by atoms with Crippen LogP contribution in [-0.4, -0.2) is 0 Å². The summed E-state index contributed by atoms with van der Waals surface area (Å²) in [7, 11) is 0. The van der Waals surface area contributed by atoms with Crippen LogP contribution in [0.15, 0.2) is 12.2 Å². The second kappa shape index (κ2) is 20.1. The first-order valence-electron chi connectivity index (χ1n) is 11.9. The van der Waals surface area contributed by atoms with E-state index in [0.717, 1.165) is 11.8 Å². The Morgan fingerprint density at radius 1 is 0.480 bits per heavy atom. The third-order valence-electron chi connectivity index (χ3n) is 5.95. The second-order valence-corrected chi connectivity index (χ2v) is 8.54. The molecule has 2 unspecified atom stereocenters. The summed E-state index contributed by atoms with van der Waals surface area (Å²) in [5.41, 5.74) is 0. The molecule has 0 heteroatoms. The van der Waals surface area contributed by atoms with Gasteiger partial charge in [-0.15, -0.1) is 0 Å². The summed E-state index contributed by atoms with van der Waals surface area (Å²) >= 11 is 0. The molecule has 0 saturated heterocycles. The van der Waals surface area contributed by atoms with E-state index in [0.29, 0.717) is 0 Å². The van der Waals surface area contributed by atoms with Gasteiger partial charge in [0.25, 0.3) is 0 Å². The molecule has 0 fully saturated rings. The fraction of sp³-hybridized carbons (Fsp3) is 0.920. The van der Waals surface area contributed by atoms with E-state index in [9.17, 15) is 0 Å². The van der Waals surface area contributed by atoms with Gasteiger partial charge in [0, 0.05) is 0 Å². The van der Waals surface area contributed by atoms with Crippen molar-refractivity contribution in [3.05, 3.63) is 12.2 Å². The minimum atomic E-state index is 0.938. The van der Waals surface area contributed by atoms with Crippen LogP contribution in [-0.2, 0) is 0 Å². The summed E-state index contributed by atoms with van der Waals surface area (Å²) in [6.45, 7) is 9.40. The topological polar surface area (TPSA) is 0 Å². The van der Waals surface area contributed by atoms with Gasteiger partial charge in [-0.25, -0.2) is 0 Å². The third kappa shape index (κ3) is 19.9. The fourth-order valence-corrected chi connectivity index (χ4v) is 3.39. The van der Waals surface area contributed by atoms with Crippen LogP contribution in [0.3, 0.4) is 0 Å². The molecule has 25 heavy (non-hydrogen) atoms. The van der Waals surface area contributed by atoms with Crippen LogP contribution in [0, 0.1) is 11.8 Å². The van der Waals surface area contributed by atoms with Crippen LogP contribution in [0.1, 0.15) is 137 Å². The van der Waals surface area contributed by atoms with Crippen molar-refractivity contribution in [1.29, 1.82) is 0 Å². The van der Waals surface area contributed by atoms with E-state index in [2.05, 4.69) is 39.8 Å². The van der Waals surface area contributed by atoms with Crippen LogP contribution >= 0.6 is 0 Å². The van der Waals surface area contributed by atoms with E-state index in [1.165, 1.54) is 109 Å². The second-order valence-electron chi connectivity index (χ2n) is 8.54. The maximum absolute atomic E-state index is 2.44. The van der Waals surface area contributed by atoms with Crippen molar-refractivity contribution in [2.75, 3.05) is 0 Å². The Kier molecular flexibility index (Phi) is 19.8. The molecule has 150 valence electrons. The maximum atomic E-state index is 2.44. The van der Waals surface area contributed by atoms with Gasteiger partial charge in [0.1, 0.15) is 0 Å². The zero-order valence-corrected chi connectivity index (χ0v) is 18.3. The van der Waals surface area contributed by atoms with Crippen molar-refractivity contribution in [3.63, 3.8) is 0 Å². The summed E-state index contributed by atoms with van der Waals surface area (Å²) in [4.78, 5) is 0. The Labute approximate surface area is 161 Å². The van der Waals surface area contributed by atoms with Crippen molar-refractivity contribution < 1.29 is 0 Å². The van der Waals surface area contributed by atoms with Gasteiger partial charge >= 0.3 is 0 Å². The van der Waals surface area contributed by atoms with Crippen LogP contribution in [0.2, 0.25) is 0 Å². The summed E-state index contributed by atoms with van der Waals surface area (Å²) in [5, 5.41) is 0. The molecule has 0 N–H and O–H groups in total. The van der Waals surface area contributed by atoms with Gasteiger partial charge in [0.2, 0.25) is 0 Å². The lowest BCUT2D eigenvalue weighted by molar-refractivity contribution is 0.471. The van der Waals surface area contributed by atoms with E-state index in [4.69, 9.17) is 0 Å². The van der Waals surface area contributed by atoms with E-state index >= 15 is 0 Å². The molecule has 0 aliphatic rings. The summed E-state index contributed by atoms with van der Waals surface area (Å²) < 4.78 is 0. The number of hydrogen-bond acceptors (Lipinski definition) is 0. The molecule has 0 radical (unpaired) electrons. The standard InChI is InChI=1S/C25H50/c1-5-24(3)22-20-18-16-14-12-10-8-7-9-11-13-15-17-19-21-23-25(4)6-2/h7-8,24-25H,5-6,9-23H2,1-4H3. The van der Waals surface area contributed by atoms with Gasteiger partial charge in [-0.05, 0) is 37.5 Å². The van der Waals surface area contributed by atoms with Crippen molar-refractivity contribution in [1.82, 2.24) is 0 Å². The fourth-order valence-electron chi connectivity index (χ4n) is 3.39. The molecule has 0 nitrogen and oxygen atoms in total. The van der Waals surface area contributed by atoms with E-state index in [-0.39, 0.29) is 0 Å². The Bertz CT molecular complexity index is 265. The molecule has 0 spiro atoms. The van der Waals surface area contributed by atoms with Crippen LogP contribution in [0.5, 0.6) is 0 Å². The number of hydrogen-bond donors (Lipinski definition) is 0. The number of allylic oxidation sites excluding steroid dienone is 2. The molecule has 0 aromatic rings. The lowest BCUT2D eigenvalue weighted by Crippen LogP contribution is -1.91. The summed E-state index contributed by atoms with van der Waals surface area (Å²) in [6.07, 6.45) is 28.9. The highest BCUT2D eigenvalue weighted by molar-refractivity contribution is 4.81. The first-order valence-corrected chi connectivity index (χ1v) is 11.9. The van der Waals surface area contributed by atoms with Crippen LogP contribution < -0.4 is 0 Å². The first kappa shape index (κ1) is 24.7. The third-order valence-corrected chi connectivity index (χ3v) is 5.95. The molecule has 0 aliphatic heterocycles. The maximum Gasteiger partial charge on any atom is -0.0351 e. The van der Waals surface area contributed by atoms with Crippen molar-refractivity contribution in [3.8, 4) is 0 Å². The highest BCUT2D eigenvalue weighted by Gasteiger charge is 1.98. The zero-order chi connectivity index (χ0) is 18.6. The van der Waals surface area contributed by atoms with Gasteiger partial charge in [-0.2, -0.15) is 0 Å². The van der Waals surface area contributed by atoms with Gasteiger partial charge in [-0.1, -0.05) is 123 Å². The molecule has 2 atom stereocenters. The normalized spacial score (nSPS) is 14.2. The van der Waals surface area contributed by atoms with E-state index < -0.39 is 0 Å². The quantitative estimate of drug-likeness (QED) is 0.161. The minimum Gasteiger partial charge on any atom is -0.0885 e. The largest absolute Gasteiger partial charge is 0.0885 e. The lowest BCUT2D eigenvalue weighted by atomic mass is 9.99. The average Bonchev–Trinajstić information content (AvgIpc) is 2.63. The molecule has 0 amide bonds. The van der Waals surface area contributed by atoms with Gasteiger partial charge < -0.3 is 0 Å². The lowest BCUT2D eigenvalue weighted by Gasteiger charge is -2.07. The summed E-state index contributed by atoms with van der Waals surface area (Å²) in [6, 6.07) is 0.